The normalized spacial score (nSPS) is 13.5. The van der Waals surface area contributed by atoms with Crippen LogP contribution in [0, 0.1) is 13.8 Å². The minimum Gasteiger partial charge on any atom is -0.353 e. The molecule has 1 saturated heterocycles. The number of anilines is 3. The van der Waals surface area contributed by atoms with E-state index in [1.165, 1.54) is 5.56 Å². The first-order valence-corrected chi connectivity index (χ1v) is 9.44. The molecule has 1 aliphatic heterocycles. The van der Waals surface area contributed by atoms with E-state index in [0.29, 0.717) is 24.9 Å². The Hall–Kier alpha value is -3.49. The van der Waals surface area contributed by atoms with Crippen LogP contribution in [0.1, 0.15) is 24.1 Å². The van der Waals surface area contributed by atoms with Gasteiger partial charge in [0, 0.05) is 43.4 Å². The Bertz CT molecular complexity index is 897. The van der Waals surface area contributed by atoms with Gasteiger partial charge in [0.25, 0.3) is 0 Å². The number of hydrogen-bond acceptors (Lipinski definition) is 7. The van der Waals surface area contributed by atoms with Crippen LogP contribution in [0.3, 0.4) is 0 Å². The zero-order valence-corrected chi connectivity index (χ0v) is 16.5. The van der Waals surface area contributed by atoms with Gasteiger partial charge in [-0.1, -0.05) is 17.7 Å². The SMILES string of the molecule is Cc1ccc(Nc2cc(C)nc(NCCNC(=O)CN3C(=O)CCC3=O)n2)cc1. The van der Waals surface area contributed by atoms with Crippen LogP contribution >= 0.6 is 0 Å². The van der Waals surface area contributed by atoms with Gasteiger partial charge < -0.3 is 16.0 Å². The molecular weight excluding hydrogens is 372 g/mol. The zero-order valence-electron chi connectivity index (χ0n) is 16.5. The summed E-state index contributed by atoms with van der Waals surface area (Å²) in [7, 11) is 0. The molecule has 1 aromatic carbocycles. The number of carbonyl (C=O) groups is 3. The molecule has 0 aliphatic carbocycles. The molecule has 0 atom stereocenters. The number of amides is 3. The second-order valence-electron chi connectivity index (χ2n) is 6.86. The second kappa shape index (κ2) is 9.13. The quantitative estimate of drug-likeness (QED) is 0.457. The van der Waals surface area contributed by atoms with E-state index >= 15 is 0 Å². The molecule has 1 aliphatic rings. The molecule has 2 aromatic rings. The first-order valence-electron chi connectivity index (χ1n) is 9.44. The Morgan fingerprint density at radius 1 is 1.03 bits per heavy atom. The maximum atomic E-state index is 11.9. The van der Waals surface area contributed by atoms with Crippen LogP contribution in [0.5, 0.6) is 0 Å². The Morgan fingerprint density at radius 3 is 2.41 bits per heavy atom. The first-order chi connectivity index (χ1) is 13.9. The van der Waals surface area contributed by atoms with Crippen molar-refractivity contribution in [3.63, 3.8) is 0 Å². The molecule has 3 N–H and O–H groups in total. The highest BCUT2D eigenvalue weighted by Gasteiger charge is 2.30. The summed E-state index contributed by atoms with van der Waals surface area (Å²) in [6.07, 6.45) is 0.356. The van der Waals surface area contributed by atoms with Gasteiger partial charge in [-0.3, -0.25) is 19.3 Å². The number of likely N-dealkylation sites (tertiary alicyclic amines) is 1. The molecule has 0 unspecified atom stereocenters. The van der Waals surface area contributed by atoms with E-state index in [9.17, 15) is 14.4 Å². The molecule has 0 spiro atoms. The van der Waals surface area contributed by atoms with Crippen molar-refractivity contribution in [2.75, 3.05) is 30.3 Å². The van der Waals surface area contributed by atoms with E-state index in [0.717, 1.165) is 16.3 Å². The zero-order chi connectivity index (χ0) is 20.8. The van der Waals surface area contributed by atoms with E-state index in [-0.39, 0.29) is 37.1 Å². The summed E-state index contributed by atoms with van der Waals surface area (Å²) in [5.41, 5.74) is 2.91. The molecule has 0 radical (unpaired) electrons. The van der Waals surface area contributed by atoms with E-state index < -0.39 is 0 Å². The van der Waals surface area contributed by atoms with Gasteiger partial charge in [0.05, 0.1) is 0 Å². The fraction of sp³-hybridized carbons (Fsp3) is 0.350. The van der Waals surface area contributed by atoms with E-state index in [1.807, 2.05) is 44.2 Å². The molecule has 1 fully saturated rings. The standard InChI is InChI=1S/C20H24N6O3/c1-13-3-5-15(6-4-13)24-16-11-14(2)23-20(25-16)22-10-9-21-17(27)12-26-18(28)7-8-19(26)29/h3-6,11H,7-10,12H2,1-2H3,(H,21,27)(H2,22,23,24,25). The lowest BCUT2D eigenvalue weighted by Gasteiger charge is -2.14. The molecule has 3 amide bonds. The summed E-state index contributed by atoms with van der Waals surface area (Å²) in [5, 5.41) is 8.98. The van der Waals surface area contributed by atoms with Gasteiger partial charge in [0.2, 0.25) is 23.7 Å². The van der Waals surface area contributed by atoms with Crippen LogP contribution in [-0.2, 0) is 14.4 Å². The Morgan fingerprint density at radius 2 is 1.72 bits per heavy atom. The molecule has 2 heterocycles. The number of rotatable bonds is 8. The molecule has 29 heavy (non-hydrogen) atoms. The molecule has 0 bridgehead atoms. The number of aromatic nitrogens is 2. The summed E-state index contributed by atoms with van der Waals surface area (Å²) in [6, 6.07) is 9.83. The monoisotopic (exact) mass is 396 g/mol. The number of aryl methyl sites for hydroxylation is 2. The van der Waals surface area contributed by atoms with Gasteiger partial charge in [-0.15, -0.1) is 0 Å². The molecule has 0 saturated carbocycles. The summed E-state index contributed by atoms with van der Waals surface area (Å²) < 4.78 is 0. The van der Waals surface area contributed by atoms with Gasteiger partial charge in [-0.05, 0) is 26.0 Å². The van der Waals surface area contributed by atoms with Gasteiger partial charge in [-0.2, -0.15) is 4.98 Å². The highest BCUT2D eigenvalue weighted by Crippen LogP contribution is 2.17. The van der Waals surface area contributed by atoms with E-state index in [2.05, 4.69) is 25.9 Å². The van der Waals surface area contributed by atoms with Gasteiger partial charge in [0.15, 0.2) is 0 Å². The number of carbonyl (C=O) groups excluding carboxylic acids is 3. The maximum absolute atomic E-state index is 11.9. The van der Waals surface area contributed by atoms with Crippen LogP contribution in [0.2, 0.25) is 0 Å². The Kier molecular flexibility index (Phi) is 6.38. The van der Waals surface area contributed by atoms with Crippen molar-refractivity contribution >= 4 is 35.2 Å². The van der Waals surface area contributed by atoms with Crippen LogP contribution in [0.25, 0.3) is 0 Å². The van der Waals surface area contributed by atoms with Crippen molar-refractivity contribution in [1.82, 2.24) is 20.2 Å². The molecular formula is C20H24N6O3. The van der Waals surface area contributed by atoms with E-state index in [4.69, 9.17) is 0 Å². The van der Waals surface area contributed by atoms with Crippen molar-refractivity contribution in [3.8, 4) is 0 Å². The van der Waals surface area contributed by atoms with Crippen molar-refractivity contribution in [2.24, 2.45) is 0 Å². The second-order valence-corrected chi connectivity index (χ2v) is 6.86. The topological polar surface area (TPSA) is 116 Å². The fourth-order valence-corrected chi connectivity index (χ4v) is 2.87. The van der Waals surface area contributed by atoms with Crippen LogP contribution in [-0.4, -0.2) is 52.2 Å². The molecule has 1 aromatic heterocycles. The van der Waals surface area contributed by atoms with Crippen molar-refractivity contribution in [2.45, 2.75) is 26.7 Å². The Labute approximate surface area is 168 Å². The molecule has 152 valence electrons. The van der Waals surface area contributed by atoms with Crippen molar-refractivity contribution in [3.05, 3.63) is 41.6 Å². The lowest BCUT2D eigenvalue weighted by atomic mass is 10.2. The highest BCUT2D eigenvalue weighted by atomic mass is 16.2. The van der Waals surface area contributed by atoms with Gasteiger partial charge in [0.1, 0.15) is 12.4 Å². The predicted octanol–water partition coefficient (Wildman–Crippen LogP) is 1.51. The third kappa shape index (κ3) is 5.74. The lowest BCUT2D eigenvalue weighted by molar-refractivity contribution is -0.142. The number of nitrogens with zero attached hydrogens (tertiary/aromatic N) is 3. The fourth-order valence-electron chi connectivity index (χ4n) is 2.87. The molecule has 3 rings (SSSR count). The first kappa shape index (κ1) is 20.2. The molecule has 9 nitrogen and oxygen atoms in total. The maximum Gasteiger partial charge on any atom is 0.240 e. The number of imide groups is 1. The average Bonchev–Trinajstić information content (AvgIpc) is 2.99. The third-order valence-corrected chi connectivity index (χ3v) is 4.37. The lowest BCUT2D eigenvalue weighted by Crippen LogP contribution is -2.41. The number of hydrogen-bond donors (Lipinski definition) is 3. The third-order valence-electron chi connectivity index (χ3n) is 4.37. The van der Waals surface area contributed by atoms with Crippen molar-refractivity contribution < 1.29 is 14.4 Å². The summed E-state index contributed by atoms with van der Waals surface area (Å²) in [5.74, 6) is 0.134. The number of nitrogens with one attached hydrogen (secondary N) is 3. The van der Waals surface area contributed by atoms with Gasteiger partial charge >= 0.3 is 0 Å². The highest BCUT2D eigenvalue weighted by molar-refractivity contribution is 6.04. The average molecular weight is 396 g/mol. The van der Waals surface area contributed by atoms with Crippen LogP contribution in [0.4, 0.5) is 17.5 Å². The minimum atomic E-state index is -0.373. The smallest absolute Gasteiger partial charge is 0.240 e. The number of benzene rings is 1. The summed E-state index contributed by atoms with van der Waals surface area (Å²) in [4.78, 5) is 44.7. The largest absolute Gasteiger partial charge is 0.353 e. The van der Waals surface area contributed by atoms with Crippen LogP contribution < -0.4 is 16.0 Å². The van der Waals surface area contributed by atoms with Gasteiger partial charge in [-0.25, -0.2) is 4.98 Å². The predicted molar refractivity (Wildman–Crippen MR) is 109 cm³/mol. The van der Waals surface area contributed by atoms with Crippen LogP contribution in [0.15, 0.2) is 30.3 Å². The molecule has 9 heteroatoms. The van der Waals surface area contributed by atoms with Crippen molar-refractivity contribution in [1.29, 1.82) is 0 Å². The summed E-state index contributed by atoms with van der Waals surface area (Å²) >= 11 is 0. The Balaban J connectivity index is 1.47. The summed E-state index contributed by atoms with van der Waals surface area (Å²) in [6.45, 7) is 4.39. The van der Waals surface area contributed by atoms with E-state index in [1.54, 1.807) is 0 Å². The minimum absolute atomic E-state index is 0.178.